The maximum absolute atomic E-state index is 12.9. The summed E-state index contributed by atoms with van der Waals surface area (Å²) < 4.78 is 34.4. The van der Waals surface area contributed by atoms with Crippen LogP contribution in [0.5, 0.6) is 0 Å². The van der Waals surface area contributed by atoms with E-state index in [0.29, 0.717) is 0 Å². The number of hydrogen-bond donors (Lipinski definition) is 2. The largest absolute Gasteiger partial charge is 0.389 e. The number of alkyl halides is 1. The number of hydrogen-bond acceptors (Lipinski definition) is 4. The topological polar surface area (TPSA) is 74.6 Å². The fraction of sp³-hybridized carbons (Fsp3) is 0.333. The lowest BCUT2D eigenvalue weighted by Gasteiger charge is -2.17. The third kappa shape index (κ3) is 2.91. The number of aliphatic hydroxyl groups is 2. The molecule has 0 bridgehead atoms. The first kappa shape index (κ1) is 13.4. The van der Waals surface area contributed by atoms with Gasteiger partial charge in [0.15, 0.2) is 0 Å². The molecule has 16 heavy (non-hydrogen) atoms. The van der Waals surface area contributed by atoms with Crippen LogP contribution in [0.2, 0.25) is 0 Å². The normalized spacial score (nSPS) is 15.8. The van der Waals surface area contributed by atoms with Crippen LogP contribution in [0.1, 0.15) is 11.7 Å². The van der Waals surface area contributed by atoms with Gasteiger partial charge in [-0.1, -0.05) is 18.2 Å². The molecule has 0 spiro atoms. The van der Waals surface area contributed by atoms with E-state index in [1.54, 1.807) is 0 Å². The summed E-state index contributed by atoms with van der Waals surface area (Å²) in [5.74, 6) is -0.290. The molecule has 0 aliphatic rings. The van der Waals surface area contributed by atoms with Crippen molar-refractivity contribution in [2.24, 2.45) is 0 Å². The average Bonchev–Trinajstić information content (AvgIpc) is 2.26. The summed E-state index contributed by atoms with van der Waals surface area (Å²) in [5.41, 5.74) is -0.210. The van der Waals surface area contributed by atoms with Gasteiger partial charge in [-0.2, -0.15) is 8.42 Å². The molecule has 2 N–H and O–H groups in total. The molecule has 4 nitrogen and oxygen atoms in total. The van der Waals surface area contributed by atoms with Gasteiger partial charge in [0.2, 0.25) is 0 Å². The Morgan fingerprint density at radius 1 is 1.31 bits per heavy atom. The van der Waals surface area contributed by atoms with Crippen LogP contribution in [0, 0.1) is 0 Å². The first-order chi connectivity index (χ1) is 7.38. The van der Waals surface area contributed by atoms with Gasteiger partial charge < -0.3 is 10.2 Å². The highest BCUT2D eigenvalue weighted by Gasteiger charge is 2.25. The lowest BCUT2D eigenvalue weighted by atomic mass is 10.1. The van der Waals surface area contributed by atoms with E-state index in [1.165, 1.54) is 18.2 Å². The van der Waals surface area contributed by atoms with E-state index >= 15 is 0 Å². The van der Waals surface area contributed by atoms with Crippen LogP contribution in [0.3, 0.4) is 0 Å². The Hall–Kier alpha value is -0.690. The summed E-state index contributed by atoms with van der Waals surface area (Å²) in [7, 11) is -4.93. The Morgan fingerprint density at radius 3 is 2.38 bits per heavy atom. The molecule has 0 saturated heterocycles. The van der Waals surface area contributed by atoms with Crippen LogP contribution in [-0.2, 0) is 10.2 Å². The quantitative estimate of drug-likeness (QED) is 0.631. The summed E-state index contributed by atoms with van der Waals surface area (Å²) >= 11 is 5.31. The monoisotopic (exact) mass is 268 g/mol. The molecule has 1 aromatic carbocycles. The zero-order valence-corrected chi connectivity index (χ0v) is 9.62. The minimum Gasteiger partial charge on any atom is -0.389 e. The molecule has 0 heterocycles. The molecule has 2 unspecified atom stereocenters. The van der Waals surface area contributed by atoms with Gasteiger partial charge in [0.1, 0.15) is 11.0 Å². The van der Waals surface area contributed by atoms with Crippen molar-refractivity contribution in [3.05, 3.63) is 29.8 Å². The Labute approximate surface area is 97.5 Å². The highest BCUT2D eigenvalue weighted by Crippen LogP contribution is 2.26. The minimum atomic E-state index is -4.93. The molecule has 0 saturated carbocycles. The molecule has 1 rings (SSSR count). The standard InChI is InChI=1S/C9H10ClFO4S/c10-5-7(12)9(13)6-3-1-2-4-8(6)16(11,14)15/h1-4,7,9,12-13H,5H2. The number of rotatable bonds is 4. The van der Waals surface area contributed by atoms with Crippen LogP contribution in [0.25, 0.3) is 0 Å². The molecule has 0 aliphatic carbocycles. The lowest BCUT2D eigenvalue weighted by molar-refractivity contribution is 0.0309. The van der Waals surface area contributed by atoms with Crippen LogP contribution < -0.4 is 0 Å². The molecule has 0 amide bonds. The van der Waals surface area contributed by atoms with E-state index in [9.17, 15) is 22.5 Å². The fourth-order valence-electron chi connectivity index (χ4n) is 1.24. The van der Waals surface area contributed by atoms with E-state index < -0.39 is 27.3 Å². The van der Waals surface area contributed by atoms with E-state index in [4.69, 9.17) is 11.6 Å². The summed E-state index contributed by atoms with van der Waals surface area (Å²) in [5, 5.41) is 18.8. The third-order valence-corrected chi connectivity index (χ3v) is 3.24. The zero-order chi connectivity index (χ0) is 12.3. The SMILES string of the molecule is O=S(=O)(F)c1ccccc1C(O)C(O)CCl. The fourth-order valence-corrected chi connectivity index (χ4v) is 2.12. The van der Waals surface area contributed by atoms with Crippen LogP contribution in [0.15, 0.2) is 29.2 Å². The molecular formula is C9H10ClFO4S. The molecule has 0 radical (unpaired) electrons. The molecule has 7 heteroatoms. The summed E-state index contributed by atoms with van der Waals surface area (Å²) in [6.45, 7) is 0. The van der Waals surface area contributed by atoms with E-state index in [0.717, 1.165) is 6.07 Å². The van der Waals surface area contributed by atoms with Gasteiger partial charge >= 0.3 is 10.2 Å². The summed E-state index contributed by atoms with van der Waals surface area (Å²) in [4.78, 5) is -0.660. The predicted molar refractivity (Wildman–Crippen MR) is 56.4 cm³/mol. The first-order valence-electron chi connectivity index (χ1n) is 4.33. The maximum Gasteiger partial charge on any atom is 0.332 e. The number of aliphatic hydroxyl groups excluding tert-OH is 2. The van der Waals surface area contributed by atoms with Crippen molar-refractivity contribution in [3.8, 4) is 0 Å². The molecule has 0 aliphatic heterocycles. The van der Waals surface area contributed by atoms with Crippen LogP contribution >= 0.6 is 11.6 Å². The Bertz CT molecular complexity index is 462. The van der Waals surface area contributed by atoms with E-state index in [-0.39, 0.29) is 11.4 Å². The Morgan fingerprint density at radius 2 is 1.88 bits per heavy atom. The lowest BCUT2D eigenvalue weighted by Crippen LogP contribution is -2.21. The number of benzene rings is 1. The van der Waals surface area contributed by atoms with Gasteiger partial charge in [0, 0.05) is 5.56 Å². The second-order valence-corrected chi connectivity index (χ2v) is 4.77. The van der Waals surface area contributed by atoms with Gasteiger partial charge in [0.05, 0.1) is 12.0 Å². The molecule has 2 atom stereocenters. The van der Waals surface area contributed by atoms with Crippen molar-refractivity contribution >= 4 is 21.8 Å². The number of halogens is 2. The Balaban J connectivity index is 3.24. The van der Waals surface area contributed by atoms with Crippen molar-refractivity contribution in [2.45, 2.75) is 17.1 Å². The van der Waals surface area contributed by atoms with Gasteiger partial charge in [-0.3, -0.25) is 0 Å². The molecular weight excluding hydrogens is 259 g/mol. The van der Waals surface area contributed by atoms with Crippen molar-refractivity contribution in [1.29, 1.82) is 0 Å². The van der Waals surface area contributed by atoms with E-state index in [1.807, 2.05) is 0 Å². The van der Waals surface area contributed by atoms with Crippen molar-refractivity contribution in [2.75, 3.05) is 5.88 Å². The van der Waals surface area contributed by atoms with Crippen LogP contribution in [-0.4, -0.2) is 30.6 Å². The zero-order valence-electron chi connectivity index (χ0n) is 8.05. The Kier molecular flexibility index (Phi) is 4.26. The minimum absolute atomic E-state index is 0.210. The van der Waals surface area contributed by atoms with E-state index in [2.05, 4.69) is 0 Å². The second-order valence-electron chi connectivity index (χ2n) is 3.14. The van der Waals surface area contributed by atoms with Crippen molar-refractivity contribution in [3.63, 3.8) is 0 Å². The van der Waals surface area contributed by atoms with Gasteiger partial charge in [-0.25, -0.2) is 0 Å². The highest BCUT2D eigenvalue weighted by molar-refractivity contribution is 7.86. The maximum atomic E-state index is 12.9. The first-order valence-corrected chi connectivity index (χ1v) is 6.25. The van der Waals surface area contributed by atoms with Crippen molar-refractivity contribution in [1.82, 2.24) is 0 Å². The molecule has 90 valence electrons. The molecule has 1 aromatic rings. The average molecular weight is 269 g/mol. The second kappa shape index (κ2) is 5.09. The molecule has 0 aromatic heterocycles. The highest BCUT2D eigenvalue weighted by atomic mass is 35.5. The smallest absolute Gasteiger partial charge is 0.332 e. The van der Waals surface area contributed by atoms with Gasteiger partial charge in [-0.05, 0) is 6.07 Å². The van der Waals surface area contributed by atoms with Crippen molar-refractivity contribution < 1.29 is 22.5 Å². The van der Waals surface area contributed by atoms with Crippen LogP contribution in [0.4, 0.5) is 3.89 Å². The molecule has 0 fully saturated rings. The summed E-state index contributed by atoms with van der Waals surface area (Å²) in [6, 6.07) is 4.96. The third-order valence-electron chi connectivity index (χ3n) is 2.02. The summed E-state index contributed by atoms with van der Waals surface area (Å²) in [6.07, 6.45) is -2.90. The predicted octanol–water partition coefficient (Wildman–Crippen LogP) is 0.978. The van der Waals surface area contributed by atoms with Gasteiger partial charge in [-0.15, -0.1) is 15.5 Å². The van der Waals surface area contributed by atoms with Gasteiger partial charge in [0.25, 0.3) is 0 Å².